The molecule has 9 heteroatoms. The number of pyridine rings is 2. The van der Waals surface area contributed by atoms with Crippen molar-refractivity contribution in [3.63, 3.8) is 0 Å². The first-order valence-electron chi connectivity index (χ1n) is 13.9. The molecule has 3 heterocycles. The van der Waals surface area contributed by atoms with E-state index < -0.39 is 0 Å². The Balaban J connectivity index is 1.32. The molecule has 216 valence electrons. The highest BCUT2D eigenvalue weighted by molar-refractivity contribution is 6.05. The molecule has 0 radical (unpaired) electrons. The summed E-state index contributed by atoms with van der Waals surface area (Å²) >= 11 is 0. The summed E-state index contributed by atoms with van der Waals surface area (Å²) < 4.78 is 5.32. The highest BCUT2D eigenvalue weighted by Crippen LogP contribution is 2.30. The molecule has 0 spiro atoms. The molecule has 42 heavy (non-hydrogen) atoms. The van der Waals surface area contributed by atoms with Crippen molar-refractivity contribution in [2.24, 2.45) is 0 Å². The van der Waals surface area contributed by atoms with Crippen LogP contribution in [0.5, 0.6) is 0 Å². The molecule has 3 N–H and O–H groups in total. The lowest BCUT2D eigenvalue weighted by atomic mass is 9.86. The van der Waals surface area contributed by atoms with E-state index in [0.29, 0.717) is 54.6 Å². The van der Waals surface area contributed by atoms with E-state index >= 15 is 0 Å². The van der Waals surface area contributed by atoms with Gasteiger partial charge in [0, 0.05) is 42.3 Å². The molecular weight excluding hydrogens is 530 g/mol. The van der Waals surface area contributed by atoms with E-state index in [-0.39, 0.29) is 22.8 Å². The summed E-state index contributed by atoms with van der Waals surface area (Å²) in [4.78, 5) is 47.3. The molecular formula is C33H35N5O4. The topological polar surface area (TPSA) is 116 Å². The SMILES string of the molecule is Cc1c(NC(=O)c2ccc(C(C)(C)C)cc2)cccc1-c1c[nH]c(=O)c(Nc2ccc(C(=O)N3CCOCC3)cn2)c1. The number of ether oxygens (including phenoxy) is 1. The van der Waals surface area contributed by atoms with E-state index in [9.17, 15) is 14.4 Å². The third kappa shape index (κ3) is 6.42. The van der Waals surface area contributed by atoms with Gasteiger partial charge in [-0.3, -0.25) is 14.4 Å². The number of amides is 2. The van der Waals surface area contributed by atoms with Crippen LogP contribution < -0.4 is 16.2 Å². The van der Waals surface area contributed by atoms with Crippen molar-refractivity contribution in [3.05, 3.63) is 106 Å². The van der Waals surface area contributed by atoms with Crippen LogP contribution in [-0.2, 0) is 10.2 Å². The number of nitrogens with one attached hydrogen (secondary N) is 3. The summed E-state index contributed by atoms with van der Waals surface area (Å²) in [7, 11) is 0. The van der Waals surface area contributed by atoms with Crippen LogP contribution >= 0.6 is 0 Å². The number of hydrogen-bond donors (Lipinski definition) is 3. The van der Waals surface area contributed by atoms with Crippen molar-refractivity contribution >= 4 is 29.0 Å². The Morgan fingerprint density at radius 2 is 1.67 bits per heavy atom. The summed E-state index contributed by atoms with van der Waals surface area (Å²) in [5.41, 5.74) is 5.38. The van der Waals surface area contributed by atoms with E-state index in [1.165, 1.54) is 6.20 Å². The highest BCUT2D eigenvalue weighted by Gasteiger charge is 2.19. The average Bonchev–Trinajstić information content (AvgIpc) is 2.99. The Morgan fingerprint density at radius 1 is 0.952 bits per heavy atom. The standard InChI is InChI=1S/C33H35N5O4/c1-21-26(6-5-7-27(21)37-30(39)22-8-11-25(12-9-22)33(2,3)4)24-18-28(31(40)35-20-24)36-29-13-10-23(19-34-29)32(41)38-14-16-42-17-15-38/h5-13,18-20H,14-17H2,1-4H3,(H,34,36)(H,35,40)(H,37,39). The predicted octanol–water partition coefficient (Wildman–Crippen LogP) is 5.51. The Labute approximate surface area is 245 Å². The molecule has 1 saturated heterocycles. The number of nitrogens with zero attached hydrogens (tertiary/aromatic N) is 2. The van der Waals surface area contributed by atoms with Crippen LogP contribution in [0.1, 0.15) is 52.6 Å². The summed E-state index contributed by atoms with van der Waals surface area (Å²) in [5.74, 6) is 0.147. The van der Waals surface area contributed by atoms with Crippen molar-refractivity contribution in [2.75, 3.05) is 36.9 Å². The molecule has 2 aromatic carbocycles. The number of carbonyl (C=O) groups excluding carboxylic acids is 2. The first-order valence-corrected chi connectivity index (χ1v) is 13.9. The molecule has 1 aliphatic heterocycles. The van der Waals surface area contributed by atoms with Gasteiger partial charge in [0.2, 0.25) is 0 Å². The number of carbonyl (C=O) groups is 2. The molecule has 0 saturated carbocycles. The van der Waals surface area contributed by atoms with E-state index in [1.54, 1.807) is 29.3 Å². The van der Waals surface area contributed by atoms with Crippen molar-refractivity contribution in [3.8, 4) is 11.1 Å². The molecule has 5 rings (SSSR count). The van der Waals surface area contributed by atoms with Crippen LogP contribution in [0.3, 0.4) is 0 Å². The molecule has 1 fully saturated rings. The fourth-order valence-electron chi connectivity index (χ4n) is 4.81. The summed E-state index contributed by atoms with van der Waals surface area (Å²) in [5, 5.41) is 6.09. The summed E-state index contributed by atoms with van der Waals surface area (Å²) in [6.45, 7) is 10.5. The largest absolute Gasteiger partial charge is 0.378 e. The van der Waals surface area contributed by atoms with E-state index in [1.807, 2.05) is 49.4 Å². The Kier molecular flexibility index (Phi) is 8.22. The minimum absolute atomic E-state index is 0.00584. The van der Waals surface area contributed by atoms with Gasteiger partial charge in [-0.05, 0) is 65.4 Å². The monoisotopic (exact) mass is 565 g/mol. The number of morpholine rings is 1. The van der Waals surface area contributed by atoms with E-state index in [4.69, 9.17) is 4.74 Å². The Bertz CT molecular complexity index is 1650. The second kappa shape index (κ2) is 12.0. The van der Waals surface area contributed by atoms with Crippen LogP contribution in [0, 0.1) is 6.92 Å². The van der Waals surface area contributed by atoms with Gasteiger partial charge in [0.25, 0.3) is 17.4 Å². The third-order valence-electron chi connectivity index (χ3n) is 7.38. The Hall–Kier alpha value is -4.76. The van der Waals surface area contributed by atoms with Gasteiger partial charge in [-0.25, -0.2) is 4.98 Å². The number of aromatic amines is 1. The zero-order chi connectivity index (χ0) is 29.9. The molecule has 9 nitrogen and oxygen atoms in total. The maximum Gasteiger partial charge on any atom is 0.271 e. The number of aromatic nitrogens is 2. The van der Waals surface area contributed by atoms with Gasteiger partial charge in [0.1, 0.15) is 11.5 Å². The van der Waals surface area contributed by atoms with Gasteiger partial charge >= 0.3 is 0 Å². The van der Waals surface area contributed by atoms with Crippen LogP contribution in [0.25, 0.3) is 11.1 Å². The van der Waals surface area contributed by atoms with Crippen molar-refractivity contribution in [1.29, 1.82) is 0 Å². The predicted molar refractivity (Wildman–Crippen MR) is 165 cm³/mol. The van der Waals surface area contributed by atoms with Crippen LogP contribution in [0.2, 0.25) is 0 Å². The molecule has 0 aliphatic carbocycles. The lowest BCUT2D eigenvalue weighted by Gasteiger charge is -2.26. The molecule has 2 amide bonds. The lowest BCUT2D eigenvalue weighted by Crippen LogP contribution is -2.40. The van der Waals surface area contributed by atoms with Crippen LogP contribution in [0.15, 0.2) is 77.9 Å². The summed E-state index contributed by atoms with van der Waals surface area (Å²) in [6.07, 6.45) is 3.15. The fourth-order valence-corrected chi connectivity index (χ4v) is 4.81. The van der Waals surface area contributed by atoms with Gasteiger partial charge in [-0.2, -0.15) is 0 Å². The van der Waals surface area contributed by atoms with Crippen molar-refractivity contribution in [2.45, 2.75) is 33.1 Å². The Morgan fingerprint density at radius 3 is 2.33 bits per heavy atom. The molecule has 0 bridgehead atoms. The second-order valence-corrected chi connectivity index (χ2v) is 11.4. The number of H-pyrrole nitrogens is 1. The number of hydrogen-bond acceptors (Lipinski definition) is 6. The van der Waals surface area contributed by atoms with Crippen LogP contribution in [-0.4, -0.2) is 53.0 Å². The van der Waals surface area contributed by atoms with Gasteiger partial charge in [0.05, 0.1) is 18.8 Å². The third-order valence-corrected chi connectivity index (χ3v) is 7.38. The minimum Gasteiger partial charge on any atom is -0.378 e. The quantitative estimate of drug-likeness (QED) is 0.284. The normalized spacial score (nSPS) is 13.5. The lowest BCUT2D eigenvalue weighted by molar-refractivity contribution is 0.0302. The number of anilines is 3. The maximum atomic E-state index is 13.0. The van der Waals surface area contributed by atoms with Gasteiger partial charge in [0.15, 0.2) is 0 Å². The molecule has 0 unspecified atom stereocenters. The molecule has 0 atom stereocenters. The fraction of sp³-hybridized carbons (Fsp3) is 0.273. The summed E-state index contributed by atoms with van der Waals surface area (Å²) in [6, 6.07) is 18.4. The first-order chi connectivity index (χ1) is 20.1. The number of benzene rings is 2. The first kappa shape index (κ1) is 28.8. The highest BCUT2D eigenvalue weighted by atomic mass is 16.5. The van der Waals surface area contributed by atoms with Gasteiger partial charge < -0.3 is 25.3 Å². The van der Waals surface area contributed by atoms with Crippen molar-refractivity contribution < 1.29 is 14.3 Å². The van der Waals surface area contributed by atoms with Crippen LogP contribution in [0.4, 0.5) is 17.2 Å². The zero-order valence-corrected chi connectivity index (χ0v) is 24.3. The van der Waals surface area contributed by atoms with Crippen molar-refractivity contribution in [1.82, 2.24) is 14.9 Å². The molecule has 4 aromatic rings. The number of rotatable bonds is 6. The second-order valence-electron chi connectivity index (χ2n) is 11.4. The maximum absolute atomic E-state index is 13.0. The van der Waals surface area contributed by atoms with E-state index in [2.05, 4.69) is 41.4 Å². The smallest absolute Gasteiger partial charge is 0.271 e. The minimum atomic E-state index is -0.310. The molecule has 2 aromatic heterocycles. The van der Waals surface area contributed by atoms with Gasteiger partial charge in [-0.15, -0.1) is 0 Å². The van der Waals surface area contributed by atoms with E-state index in [0.717, 1.165) is 22.3 Å². The average molecular weight is 566 g/mol. The zero-order valence-electron chi connectivity index (χ0n) is 24.3. The van der Waals surface area contributed by atoms with Gasteiger partial charge in [-0.1, -0.05) is 45.0 Å². The molecule has 1 aliphatic rings.